The van der Waals surface area contributed by atoms with E-state index < -0.39 is 0 Å². The quantitative estimate of drug-likeness (QED) is 0.722. The van der Waals surface area contributed by atoms with Gasteiger partial charge in [0.1, 0.15) is 15.9 Å². The normalized spacial score (nSPS) is 14.3. The summed E-state index contributed by atoms with van der Waals surface area (Å²) in [6, 6.07) is 16.7. The number of amides is 2. The molecule has 0 unspecified atom stereocenters. The number of ether oxygens (including phenoxy) is 1. The molecule has 0 N–H and O–H groups in total. The first-order chi connectivity index (χ1) is 12.0. The predicted molar refractivity (Wildman–Crippen MR) is 99.3 cm³/mol. The summed E-state index contributed by atoms with van der Waals surface area (Å²) in [5, 5.41) is 0. The number of para-hydroxylation sites is 1. The molecule has 2 amide bonds. The van der Waals surface area contributed by atoms with Crippen LogP contribution in [0.4, 0.5) is 5.69 Å². The van der Waals surface area contributed by atoms with Crippen LogP contribution in [0, 0.1) is 0 Å². The smallest absolute Gasteiger partial charge is 0.279 e. The summed E-state index contributed by atoms with van der Waals surface area (Å²) in [5.74, 6) is 0.0734. The van der Waals surface area contributed by atoms with Gasteiger partial charge in [0.15, 0.2) is 0 Å². The van der Waals surface area contributed by atoms with E-state index in [0.29, 0.717) is 5.70 Å². The van der Waals surface area contributed by atoms with Crippen molar-refractivity contribution in [1.82, 2.24) is 4.90 Å². The van der Waals surface area contributed by atoms with E-state index in [-0.39, 0.29) is 22.8 Å². The molecule has 2 aromatic carbocycles. The summed E-state index contributed by atoms with van der Waals surface area (Å²) >= 11 is 3.29. The van der Waals surface area contributed by atoms with Crippen LogP contribution in [0.3, 0.4) is 0 Å². The van der Waals surface area contributed by atoms with Crippen LogP contribution < -0.4 is 9.64 Å². The molecule has 0 saturated heterocycles. The molecule has 0 spiro atoms. The molecular formula is C19H17BrN2O3. The summed E-state index contributed by atoms with van der Waals surface area (Å²) in [5.41, 5.74) is 2.03. The van der Waals surface area contributed by atoms with Gasteiger partial charge in [-0.1, -0.05) is 30.3 Å². The van der Waals surface area contributed by atoms with Crippen LogP contribution in [-0.2, 0) is 16.1 Å². The van der Waals surface area contributed by atoms with Crippen molar-refractivity contribution in [2.75, 3.05) is 19.1 Å². The lowest BCUT2D eigenvalue weighted by Gasteiger charge is -2.21. The SMILES string of the molecule is COc1ccc(CN2C(=O)C(Br)=C(N(C)c3ccccc3)C2=O)cc1. The minimum atomic E-state index is -0.335. The van der Waals surface area contributed by atoms with Crippen molar-refractivity contribution < 1.29 is 14.3 Å². The number of hydrogen-bond acceptors (Lipinski definition) is 4. The predicted octanol–water partition coefficient (Wildman–Crippen LogP) is 3.31. The van der Waals surface area contributed by atoms with Crippen LogP contribution in [0.1, 0.15) is 5.56 Å². The van der Waals surface area contributed by atoms with Crippen molar-refractivity contribution in [3.05, 3.63) is 70.3 Å². The van der Waals surface area contributed by atoms with Gasteiger partial charge in [0.2, 0.25) is 0 Å². The van der Waals surface area contributed by atoms with E-state index in [1.807, 2.05) is 42.5 Å². The number of likely N-dealkylation sites (N-methyl/N-ethyl adjacent to an activating group) is 1. The van der Waals surface area contributed by atoms with Crippen LogP contribution in [0.25, 0.3) is 0 Å². The third-order valence-electron chi connectivity index (χ3n) is 4.07. The summed E-state index contributed by atoms with van der Waals surface area (Å²) in [7, 11) is 3.36. The molecule has 128 valence electrons. The molecule has 3 rings (SSSR count). The summed E-state index contributed by atoms with van der Waals surface area (Å²) in [6.45, 7) is 0.211. The molecule has 0 saturated carbocycles. The Hall–Kier alpha value is -2.60. The van der Waals surface area contributed by atoms with Crippen molar-refractivity contribution in [3.8, 4) is 5.75 Å². The van der Waals surface area contributed by atoms with Gasteiger partial charge >= 0.3 is 0 Å². The zero-order chi connectivity index (χ0) is 18.0. The zero-order valence-corrected chi connectivity index (χ0v) is 15.5. The Labute approximate surface area is 154 Å². The lowest BCUT2D eigenvalue weighted by molar-refractivity contribution is -0.138. The molecular weight excluding hydrogens is 384 g/mol. The standard InChI is InChI=1S/C19H17BrN2O3/c1-21(14-6-4-3-5-7-14)17-16(20)18(23)22(19(17)24)12-13-8-10-15(25-2)11-9-13/h3-11H,12H2,1-2H3. The van der Waals surface area contributed by atoms with Gasteiger partial charge in [0.25, 0.3) is 11.8 Å². The number of nitrogens with zero attached hydrogens (tertiary/aromatic N) is 2. The van der Waals surface area contributed by atoms with Crippen molar-refractivity contribution in [1.29, 1.82) is 0 Å². The number of halogens is 1. The lowest BCUT2D eigenvalue weighted by atomic mass is 10.2. The summed E-state index contributed by atoms with van der Waals surface area (Å²) in [6.07, 6.45) is 0. The van der Waals surface area contributed by atoms with E-state index >= 15 is 0 Å². The minimum absolute atomic E-state index is 0.211. The van der Waals surface area contributed by atoms with Gasteiger partial charge in [-0.3, -0.25) is 14.5 Å². The highest BCUT2D eigenvalue weighted by molar-refractivity contribution is 9.12. The molecule has 0 fully saturated rings. The maximum Gasteiger partial charge on any atom is 0.279 e. The summed E-state index contributed by atoms with van der Waals surface area (Å²) in [4.78, 5) is 28.3. The monoisotopic (exact) mass is 400 g/mol. The number of rotatable bonds is 5. The fourth-order valence-electron chi connectivity index (χ4n) is 2.66. The number of anilines is 1. The number of imide groups is 1. The van der Waals surface area contributed by atoms with Gasteiger partial charge in [0.05, 0.1) is 13.7 Å². The first kappa shape index (κ1) is 17.2. The van der Waals surface area contributed by atoms with E-state index in [2.05, 4.69) is 15.9 Å². The fraction of sp³-hybridized carbons (Fsp3) is 0.158. The van der Waals surface area contributed by atoms with Crippen LogP contribution in [0.2, 0.25) is 0 Å². The molecule has 5 nitrogen and oxygen atoms in total. The Balaban J connectivity index is 1.83. The van der Waals surface area contributed by atoms with E-state index in [4.69, 9.17) is 4.74 Å². The van der Waals surface area contributed by atoms with Gasteiger partial charge in [-0.05, 0) is 45.8 Å². The van der Waals surface area contributed by atoms with Gasteiger partial charge in [-0.15, -0.1) is 0 Å². The molecule has 1 aliphatic heterocycles. The molecule has 1 aliphatic rings. The molecule has 0 aromatic heterocycles. The fourth-order valence-corrected chi connectivity index (χ4v) is 3.31. The van der Waals surface area contributed by atoms with Crippen molar-refractivity contribution in [2.24, 2.45) is 0 Å². The van der Waals surface area contributed by atoms with Gasteiger partial charge in [0, 0.05) is 12.7 Å². The largest absolute Gasteiger partial charge is 0.497 e. The average molecular weight is 401 g/mol. The molecule has 0 atom stereocenters. The highest BCUT2D eigenvalue weighted by atomic mass is 79.9. The second kappa shape index (κ2) is 7.11. The van der Waals surface area contributed by atoms with E-state index in [9.17, 15) is 9.59 Å². The average Bonchev–Trinajstić information content (AvgIpc) is 2.86. The highest BCUT2D eigenvalue weighted by Gasteiger charge is 2.39. The maximum atomic E-state index is 12.8. The van der Waals surface area contributed by atoms with Crippen molar-refractivity contribution in [3.63, 3.8) is 0 Å². The van der Waals surface area contributed by atoms with Gasteiger partial charge < -0.3 is 9.64 Å². The molecule has 6 heteroatoms. The van der Waals surface area contributed by atoms with Crippen molar-refractivity contribution in [2.45, 2.75) is 6.54 Å². The highest BCUT2D eigenvalue weighted by Crippen LogP contribution is 2.31. The van der Waals surface area contributed by atoms with Crippen LogP contribution in [0.15, 0.2) is 64.8 Å². The molecule has 1 heterocycles. The third kappa shape index (κ3) is 3.30. The zero-order valence-electron chi connectivity index (χ0n) is 13.9. The number of methoxy groups -OCH3 is 1. The summed E-state index contributed by atoms with van der Waals surface area (Å²) < 4.78 is 5.40. The Bertz CT molecular complexity index is 832. The molecule has 0 aliphatic carbocycles. The molecule has 0 bridgehead atoms. The van der Waals surface area contributed by atoms with E-state index in [1.54, 1.807) is 31.2 Å². The maximum absolute atomic E-state index is 12.8. The second-order valence-corrected chi connectivity index (χ2v) is 6.39. The first-order valence-electron chi connectivity index (χ1n) is 7.70. The Morgan fingerprint density at radius 2 is 1.64 bits per heavy atom. The van der Waals surface area contributed by atoms with Gasteiger partial charge in [-0.25, -0.2) is 0 Å². The number of carbonyl (C=O) groups excluding carboxylic acids is 2. The number of carbonyl (C=O) groups is 2. The lowest BCUT2D eigenvalue weighted by Crippen LogP contribution is -2.33. The van der Waals surface area contributed by atoms with E-state index in [1.165, 1.54) is 4.90 Å². The van der Waals surface area contributed by atoms with Crippen LogP contribution in [0.5, 0.6) is 5.75 Å². The van der Waals surface area contributed by atoms with Crippen LogP contribution >= 0.6 is 15.9 Å². The third-order valence-corrected chi connectivity index (χ3v) is 4.78. The Morgan fingerprint density at radius 1 is 1.00 bits per heavy atom. The number of benzene rings is 2. The second-order valence-electron chi connectivity index (χ2n) is 5.60. The van der Waals surface area contributed by atoms with Gasteiger partial charge in [-0.2, -0.15) is 0 Å². The molecule has 25 heavy (non-hydrogen) atoms. The van der Waals surface area contributed by atoms with Crippen molar-refractivity contribution >= 4 is 33.4 Å². The minimum Gasteiger partial charge on any atom is -0.497 e. The molecule has 2 aromatic rings. The Morgan fingerprint density at radius 3 is 2.24 bits per heavy atom. The molecule has 0 radical (unpaired) electrons. The van der Waals surface area contributed by atoms with Crippen LogP contribution in [-0.4, -0.2) is 30.9 Å². The first-order valence-corrected chi connectivity index (χ1v) is 8.50. The Kier molecular flexibility index (Phi) is 4.90. The number of hydrogen-bond donors (Lipinski definition) is 0. The topological polar surface area (TPSA) is 49.9 Å². The van der Waals surface area contributed by atoms with E-state index in [0.717, 1.165) is 17.0 Å².